The molecule has 0 spiro atoms. The molecule has 0 radical (unpaired) electrons. The van der Waals surface area contributed by atoms with Gasteiger partial charge in [0.2, 0.25) is 0 Å². The number of fused-ring (bicyclic) bond motifs is 1. The maximum atomic E-state index is 6.19. The van der Waals surface area contributed by atoms with E-state index < -0.39 is 0 Å². The Kier molecular flexibility index (Phi) is 5.00. The highest BCUT2D eigenvalue weighted by Crippen LogP contribution is 2.38. The molecule has 6 nitrogen and oxygen atoms in total. The highest BCUT2D eigenvalue weighted by atomic mass is 35.5. The number of nitrogens with one attached hydrogen (secondary N) is 1. The second kappa shape index (κ2) is 7.21. The number of nitrogens with two attached hydrogens (primary N) is 1. The fourth-order valence-electron chi connectivity index (χ4n) is 2.75. The quantitative estimate of drug-likeness (QED) is 0.671. The second-order valence-corrected chi connectivity index (χ2v) is 6.15. The van der Waals surface area contributed by atoms with Crippen LogP contribution in [0.5, 0.6) is 17.2 Å². The molecule has 0 unspecified atom stereocenters. The van der Waals surface area contributed by atoms with Crippen LogP contribution in [0.15, 0.2) is 30.5 Å². The molecule has 3 N–H and O–H groups in total. The van der Waals surface area contributed by atoms with Gasteiger partial charge in [-0.05, 0) is 12.1 Å². The van der Waals surface area contributed by atoms with E-state index in [2.05, 4.69) is 10.3 Å². The monoisotopic (exact) mass is 371 g/mol. The van der Waals surface area contributed by atoms with Crippen molar-refractivity contribution < 1.29 is 14.2 Å². The van der Waals surface area contributed by atoms with E-state index in [1.54, 1.807) is 27.5 Å². The molecule has 26 heavy (non-hydrogen) atoms. The van der Waals surface area contributed by atoms with Gasteiger partial charge in [-0.2, -0.15) is 0 Å². The number of nitrogens with zero attached hydrogens (tertiary/aromatic N) is 1. The molecule has 3 aromatic rings. The number of methoxy groups -OCH3 is 3. The van der Waals surface area contributed by atoms with Crippen molar-refractivity contribution in [2.75, 3.05) is 32.4 Å². The van der Waals surface area contributed by atoms with Crippen LogP contribution in [0.2, 0.25) is 5.02 Å². The lowest BCUT2D eigenvalue weighted by Gasteiger charge is -2.17. The highest BCUT2D eigenvalue weighted by molar-refractivity contribution is 6.39. The van der Waals surface area contributed by atoms with E-state index >= 15 is 0 Å². The molecule has 8 heteroatoms. The van der Waals surface area contributed by atoms with E-state index in [1.807, 2.05) is 32.1 Å². The van der Waals surface area contributed by atoms with Crippen molar-refractivity contribution in [2.45, 2.75) is 0 Å². The molecule has 1 heterocycles. The van der Waals surface area contributed by atoms with Gasteiger partial charge in [-0.15, -0.1) is 0 Å². The third kappa shape index (κ3) is 3.18. The number of halogens is 1. The maximum absolute atomic E-state index is 6.19. The van der Waals surface area contributed by atoms with Gasteiger partial charge in [-0.25, -0.2) is 0 Å². The largest absolute Gasteiger partial charge is 0.495 e. The van der Waals surface area contributed by atoms with Crippen LogP contribution < -0.4 is 30.7 Å². The average molecular weight is 372 g/mol. The SMILES string of the molecule is Bc1cc(Cl)c(OC)cc1Nc1c(N)cnc2cc(OC)c(OC)cc12. The number of anilines is 3. The third-order valence-electron chi connectivity index (χ3n) is 4.16. The van der Waals surface area contributed by atoms with Gasteiger partial charge in [0.05, 0.1) is 49.4 Å². The van der Waals surface area contributed by atoms with Crippen molar-refractivity contribution in [2.24, 2.45) is 0 Å². The Balaban J connectivity index is 2.17. The molecule has 0 aliphatic carbocycles. The van der Waals surface area contributed by atoms with Crippen molar-refractivity contribution in [3.63, 3.8) is 0 Å². The predicted molar refractivity (Wildman–Crippen MR) is 109 cm³/mol. The summed E-state index contributed by atoms with van der Waals surface area (Å²) in [6.45, 7) is 0. The minimum atomic E-state index is 0.512. The van der Waals surface area contributed by atoms with Crippen molar-refractivity contribution in [1.82, 2.24) is 4.98 Å². The smallest absolute Gasteiger partial charge is 0.162 e. The summed E-state index contributed by atoms with van der Waals surface area (Å²) in [6, 6.07) is 7.34. The zero-order chi connectivity index (χ0) is 18.8. The van der Waals surface area contributed by atoms with E-state index in [9.17, 15) is 0 Å². The van der Waals surface area contributed by atoms with Gasteiger partial charge >= 0.3 is 0 Å². The van der Waals surface area contributed by atoms with Crippen molar-refractivity contribution in [3.05, 3.63) is 35.5 Å². The summed E-state index contributed by atoms with van der Waals surface area (Å²) in [7, 11) is 6.71. The summed E-state index contributed by atoms with van der Waals surface area (Å²) < 4.78 is 16.1. The van der Waals surface area contributed by atoms with E-state index in [1.165, 1.54) is 0 Å². The Morgan fingerprint density at radius 2 is 1.65 bits per heavy atom. The molecule has 0 atom stereocenters. The van der Waals surface area contributed by atoms with Gasteiger partial charge in [-0.1, -0.05) is 17.1 Å². The van der Waals surface area contributed by atoms with Crippen LogP contribution in [-0.2, 0) is 0 Å². The Morgan fingerprint density at radius 1 is 1.00 bits per heavy atom. The molecule has 0 saturated carbocycles. The fraction of sp³-hybridized carbons (Fsp3) is 0.167. The zero-order valence-electron chi connectivity index (χ0n) is 15.0. The van der Waals surface area contributed by atoms with Gasteiger partial charge in [-0.3, -0.25) is 4.98 Å². The molecule has 3 rings (SSSR count). The number of hydrogen-bond acceptors (Lipinski definition) is 6. The van der Waals surface area contributed by atoms with Gasteiger partial charge in [0.25, 0.3) is 0 Å². The Morgan fingerprint density at radius 3 is 2.31 bits per heavy atom. The standard InChI is InChI=1S/C18H19BClN3O3/c1-24-15-7-14(10(19)5-11(15)20)23-18-9-4-16(25-2)17(26-3)6-13(9)22-8-12(18)21/h4-8H,19,21H2,1-3H3,(H,22,23). The van der Waals surface area contributed by atoms with Crippen LogP contribution in [0.3, 0.4) is 0 Å². The van der Waals surface area contributed by atoms with E-state index in [-0.39, 0.29) is 0 Å². The van der Waals surface area contributed by atoms with E-state index in [4.69, 9.17) is 31.5 Å². The summed E-state index contributed by atoms with van der Waals surface area (Å²) in [5.74, 6) is 1.78. The van der Waals surface area contributed by atoms with E-state index in [0.29, 0.717) is 28.0 Å². The number of benzene rings is 2. The Bertz CT molecular complexity index is 982. The molecule has 0 amide bonds. The summed E-state index contributed by atoms with van der Waals surface area (Å²) >= 11 is 6.19. The van der Waals surface area contributed by atoms with Crippen LogP contribution in [0, 0.1) is 0 Å². The fourth-order valence-corrected chi connectivity index (χ4v) is 3.05. The number of ether oxygens (including phenoxy) is 3. The number of pyridine rings is 1. The summed E-state index contributed by atoms with van der Waals surface area (Å²) in [4.78, 5) is 4.39. The zero-order valence-corrected chi connectivity index (χ0v) is 15.8. The molecule has 0 aliphatic heterocycles. The highest BCUT2D eigenvalue weighted by Gasteiger charge is 2.14. The molecule has 2 aromatic carbocycles. The molecule has 1 aromatic heterocycles. The molecule has 134 valence electrons. The molecule has 0 aliphatic rings. The summed E-state index contributed by atoms with van der Waals surface area (Å²) in [5, 5.41) is 4.74. The van der Waals surface area contributed by atoms with Crippen LogP contribution in [0.4, 0.5) is 17.1 Å². The Hall–Kier alpha value is -2.80. The lowest BCUT2D eigenvalue weighted by Crippen LogP contribution is -2.11. The first-order valence-electron chi connectivity index (χ1n) is 7.89. The molecular formula is C18H19BClN3O3. The molecule has 0 fully saturated rings. The van der Waals surface area contributed by atoms with Crippen LogP contribution >= 0.6 is 11.6 Å². The number of hydrogen-bond donors (Lipinski definition) is 2. The van der Waals surface area contributed by atoms with Crippen molar-refractivity contribution in [3.8, 4) is 17.2 Å². The third-order valence-corrected chi connectivity index (χ3v) is 4.46. The maximum Gasteiger partial charge on any atom is 0.162 e. The molecule has 0 bridgehead atoms. The van der Waals surface area contributed by atoms with Crippen LogP contribution in [0.25, 0.3) is 10.9 Å². The number of rotatable bonds is 5. The first kappa shape index (κ1) is 18.0. The number of aromatic nitrogens is 1. The number of nitrogen functional groups attached to an aromatic ring is 1. The van der Waals surface area contributed by atoms with Gasteiger partial charge < -0.3 is 25.3 Å². The van der Waals surface area contributed by atoms with Crippen molar-refractivity contribution >= 4 is 52.9 Å². The first-order valence-corrected chi connectivity index (χ1v) is 8.27. The van der Waals surface area contributed by atoms with Crippen molar-refractivity contribution in [1.29, 1.82) is 0 Å². The average Bonchev–Trinajstić information content (AvgIpc) is 2.64. The minimum Gasteiger partial charge on any atom is -0.495 e. The first-order chi connectivity index (χ1) is 12.5. The lowest BCUT2D eigenvalue weighted by molar-refractivity contribution is 0.356. The van der Waals surface area contributed by atoms with Crippen LogP contribution in [-0.4, -0.2) is 34.2 Å². The topological polar surface area (TPSA) is 78.6 Å². The minimum absolute atomic E-state index is 0.512. The normalized spacial score (nSPS) is 10.6. The summed E-state index contributed by atoms with van der Waals surface area (Å²) in [6.07, 6.45) is 1.61. The van der Waals surface area contributed by atoms with Gasteiger partial charge in [0.15, 0.2) is 11.5 Å². The van der Waals surface area contributed by atoms with E-state index in [0.717, 1.165) is 27.7 Å². The molecular weight excluding hydrogens is 352 g/mol. The predicted octanol–water partition coefficient (Wildman–Crippen LogP) is 2.50. The van der Waals surface area contributed by atoms with Gasteiger partial charge in [0, 0.05) is 23.2 Å². The second-order valence-electron chi connectivity index (χ2n) is 5.74. The summed E-state index contributed by atoms with van der Waals surface area (Å²) in [5.41, 5.74) is 9.96. The van der Waals surface area contributed by atoms with Gasteiger partial charge in [0.1, 0.15) is 13.6 Å². The van der Waals surface area contributed by atoms with Crippen LogP contribution in [0.1, 0.15) is 0 Å². The Labute approximate surface area is 157 Å². The lowest BCUT2D eigenvalue weighted by atomic mass is 9.93. The molecule has 0 saturated heterocycles.